The van der Waals surface area contributed by atoms with Gasteiger partial charge in [0.15, 0.2) is 0 Å². The van der Waals surface area contributed by atoms with Crippen LogP contribution in [0.4, 0.5) is 5.69 Å². The second-order valence-electron chi connectivity index (χ2n) is 7.24. The van der Waals surface area contributed by atoms with E-state index in [1.807, 2.05) is 19.2 Å². The maximum Gasteiger partial charge on any atom is 0.235 e. The third kappa shape index (κ3) is 4.04. The number of carbonyl (C=O) groups excluding carboxylic acids is 2. The van der Waals surface area contributed by atoms with E-state index in [4.69, 9.17) is 5.73 Å². The van der Waals surface area contributed by atoms with Gasteiger partial charge in [-0.15, -0.1) is 0 Å². The Morgan fingerprint density at radius 2 is 2.08 bits per heavy atom. The minimum absolute atomic E-state index is 0.217. The number of anilines is 1. The number of fused-ring (bicyclic) bond motifs is 1. The standard InChI is InChI=1S/C13H14N4O2.C6H13N/c1-17-10-6-7(14)2-3-8(10)12(16-17)9-4-5-11(18)15-13(9)19;1-6-3-2-4-7-5-6/h2-3,6,9H,4-5,14H2,1H3,(H,15,18,19);6-7H,2-5H2,1H3. The predicted octanol–water partition coefficient (Wildman–Crippen LogP) is 1.68. The monoisotopic (exact) mass is 357 g/mol. The number of nitrogens with two attached hydrogens (primary N) is 1. The maximum absolute atomic E-state index is 11.9. The van der Waals surface area contributed by atoms with Crippen molar-refractivity contribution < 1.29 is 9.59 Å². The van der Waals surface area contributed by atoms with E-state index < -0.39 is 0 Å². The Morgan fingerprint density at radius 1 is 1.27 bits per heavy atom. The van der Waals surface area contributed by atoms with Crippen molar-refractivity contribution in [3.8, 4) is 0 Å². The molecule has 1 aromatic carbocycles. The summed E-state index contributed by atoms with van der Waals surface area (Å²) >= 11 is 0. The lowest BCUT2D eigenvalue weighted by molar-refractivity contribution is -0.134. The summed E-state index contributed by atoms with van der Waals surface area (Å²) in [7, 11) is 1.82. The lowest BCUT2D eigenvalue weighted by Crippen LogP contribution is -2.39. The molecule has 2 atom stereocenters. The quantitative estimate of drug-likeness (QED) is 0.532. The number of amides is 2. The highest BCUT2D eigenvalue weighted by Gasteiger charge is 2.31. The van der Waals surface area contributed by atoms with Gasteiger partial charge in [-0.2, -0.15) is 5.10 Å². The molecule has 0 aliphatic carbocycles. The van der Waals surface area contributed by atoms with Crippen molar-refractivity contribution in [2.45, 2.75) is 38.5 Å². The second kappa shape index (κ2) is 7.86. The van der Waals surface area contributed by atoms with Gasteiger partial charge < -0.3 is 11.1 Å². The number of benzene rings is 1. The first-order valence-corrected chi connectivity index (χ1v) is 9.22. The number of carbonyl (C=O) groups is 2. The van der Waals surface area contributed by atoms with Crippen LogP contribution in [-0.2, 0) is 16.6 Å². The summed E-state index contributed by atoms with van der Waals surface area (Å²) < 4.78 is 1.71. The van der Waals surface area contributed by atoms with E-state index in [9.17, 15) is 9.59 Å². The number of nitrogens with one attached hydrogen (secondary N) is 2. The number of aromatic nitrogens is 2. The van der Waals surface area contributed by atoms with Crippen molar-refractivity contribution in [1.82, 2.24) is 20.4 Å². The Hall–Kier alpha value is -2.41. The van der Waals surface area contributed by atoms with Gasteiger partial charge in [0, 0.05) is 24.5 Å². The maximum atomic E-state index is 11.9. The number of nitrogen functional groups attached to an aromatic ring is 1. The molecule has 2 fully saturated rings. The average Bonchev–Trinajstić information content (AvgIpc) is 2.92. The number of hydrogen-bond donors (Lipinski definition) is 3. The molecule has 3 heterocycles. The zero-order valence-corrected chi connectivity index (χ0v) is 15.4. The molecule has 140 valence electrons. The molecule has 2 aromatic rings. The molecule has 7 heteroatoms. The van der Waals surface area contributed by atoms with Crippen molar-refractivity contribution >= 4 is 28.4 Å². The van der Waals surface area contributed by atoms with Crippen molar-refractivity contribution in [1.29, 1.82) is 0 Å². The van der Waals surface area contributed by atoms with Crippen molar-refractivity contribution in [3.05, 3.63) is 23.9 Å². The molecule has 0 spiro atoms. The largest absolute Gasteiger partial charge is 0.399 e. The Labute approximate surface area is 153 Å². The molecule has 2 unspecified atom stereocenters. The number of aryl methyl sites for hydroxylation is 1. The van der Waals surface area contributed by atoms with Gasteiger partial charge in [0.25, 0.3) is 0 Å². The molecular weight excluding hydrogens is 330 g/mol. The third-order valence-corrected chi connectivity index (χ3v) is 5.02. The van der Waals surface area contributed by atoms with Gasteiger partial charge in [0.2, 0.25) is 11.8 Å². The summed E-state index contributed by atoms with van der Waals surface area (Å²) in [6.07, 6.45) is 3.65. The van der Waals surface area contributed by atoms with E-state index in [-0.39, 0.29) is 17.7 Å². The zero-order chi connectivity index (χ0) is 18.7. The first kappa shape index (κ1) is 18.4. The highest BCUT2D eigenvalue weighted by atomic mass is 16.2. The number of hydrogen-bond acceptors (Lipinski definition) is 5. The molecule has 2 amide bonds. The molecule has 0 radical (unpaired) electrons. The van der Waals surface area contributed by atoms with Crippen LogP contribution in [0.3, 0.4) is 0 Å². The van der Waals surface area contributed by atoms with Gasteiger partial charge in [-0.1, -0.05) is 6.92 Å². The number of rotatable bonds is 1. The van der Waals surface area contributed by atoms with Crippen LogP contribution < -0.4 is 16.4 Å². The van der Waals surface area contributed by atoms with Crippen LogP contribution in [0.2, 0.25) is 0 Å². The SMILES string of the molecule is CC1CCCNC1.Cn1nc(C2CCC(=O)NC2=O)c2ccc(N)cc21. The highest BCUT2D eigenvalue weighted by Crippen LogP contribution is 2.30. The number of nitrogens with zero attached hydrogens (tertiary/aromatic N) is 2. The molecule has 0 bridgehead atoms. The third-order valence-electron chi connectivity index (χ3n) is 5.02. The van der Waals surface area contributed by atoms with Gasteiger partial charge in [-0.3, -0.25) is 19.6 Å². The van der Waals surface area contributed by atoms with Crippen LogP contribution in [-0.4, -0.2) is 34.7 Å². The van der Waals surface area contributed by atoms with E-state index in [2.05, 4.69) is 22.7 Å². The normalized spacial score (nSPS) is 23.3. The average molecular weight is 357 g/mol. The zero-order valence-electron chi connectivity index (χ0n) is 15.4. The van der Waals surface area contributed by atoms with Crippen LogP contribution in [0.5, 0.6) is 0 Å². The van der Waals surface area contributed by atoms with Crippen molar-refractivity contribution in [2.24, 2.45) is 13.0 Å². The first-order chi connectivity index (χ1) is 12.5. The summed E-state index contributed by atoms with van der Waals surface area (Å²) in [5, 5.41) is 11.0. The van der Waals surface area contributed by atoms with Crippen LogP contribution in [0.1, 0.15) is 44.2 Å². The fourth-order valence-corrected chi connectivity index (χ4v) is 3.54. The Morgan fingerprint density at radius 3 is 2.69 bits per heavy atom. The molecule has 4 rings (SSSR count). The van der Waals surface area contributed by atoms with Gasteiger partial charge in [0.1, 0.15) is 0 Å². The number of piperidine rings is 2. The molecular formula is C19H27N5O2. The Bertz CT molecular complexity index is 808. The lowest BCUT2D eigenvalue weighted by atomic mass is 9.93. The van der Waals surface area contributed by atoms with Crippen LogP contribution in [0, 0.1) is 5.92 Å². The van der Waals surface area contributed by atoms with E-state index in [0.717, 1.165) is 16.8 Å². The van der Waals surface area contributed by atoms with Gasteiger partial charge in [-0.05, 0) is 56.5 Å². The summed E-state index contributed by atoms with van der Waals surface area (Å²) in [5.74, 6) is 0.0672. The molecule has 2 saturated heterocycles. The second-order valence-corrected chi connectivity index (χ2v) is 7.24. The van der Waals surface area contributed by atoms with Crippen LogP contribution in [0.25, 0.3) is 10.9 Å². The molecule has 1 aromatic heterocycles. The minimum atomic E-state index is -0.370. The summed E-state index contributed by atoms with van der Waals surface area (Å²) in [5.41, 5.74) is 8.02. The summed E-state index contributed by atoms with van der Waals surface area (Å²) in [6, 6.07) is 5.49. The topological polar surface area (TPSA) is 102 Å². The van der Waals surface area contributed by atoms with Crippen molar-refractivity contribution in [2.75, 3.05) is 18.8 Å². The van der Waals surface area contributed by atoms with E-state index in [1.54, 1.807) is 10.7 Å². The molecule has 7 nitrogen and oxygen atoms in total. The van der Waals surface area contributed by atoms with E-state index in [0.29, 0.717) is 24.2 Å². The summed E-state index contributed by atoms with van der Waals surface area (Å²) in [4.78, 5) is 23.1. The lowest BCUT2D eigenvalue weighted by Gasteiger charge is -2.19. The van der Waals surface area contributed by atoms with E-state index >= 15 is 0 Å². The highest BCUT2D eigenvalue weighted by molar-refractivity contribution is 6.02. The molecule has 0 saturated carbocycles. The first-order valence-electron chi connectivity index (χ1n) is 9.22. The minimum Gasteiger partial charge on any atom is -0.399 e. The number of imide groups is 1. The van der Waals surface area contributed by atoms with Crippen LogP contribution >= 0.6 is 0 Å². The molecule has 2 aliphatic heterocycles. The molecule has 4 N–H and O–H groups in total. The van der Waals surface area contributed by atoms with E-state index in [1.165, 1.54) is 25.9 Å². The fourth-order valence-electron chi connectivity index (χ4n) is 3.54. The Balaban J connectivity index is 0.000000236. The summed E-state index contributed by atoms with van der Waals surface area (Å²) in [6.45, 7) is 4.77. The van der Waals surface area contributed by atoms with Gasteiger partial charge in [0.05, 0.1) is 17.1 Å². The van der Waals surface area contributed by atoms with Crippen LogP contribution in [0.15, 0.2) is 18.2 Å². The molecule has 2 aliphatic rings. The smallest absolute Gasteiger partial charge is 0.235 e. The Kier molecular flexibility index (Phi) is 5.56. The predicted molar refractivity (Wildman–Crippen MR) is 102 cm³/mol. The molecule has 26 heavy (non-hydrogen) atoms. The van der Waals surface area contributed by atoms with Gasteiger partial charge in [-0.25, -0.2) is 0 Å². The fraction of sp³-hybridized carbons (Fsp3) is 0.526. The van der Waals surface area contributed by atoms with Crippen molar-refractivity contribution in [3.63, 3.8) is 0 Å². The van der Waals surface area contributed by atoms with Gasteiger partial charge >= 0.3 is 0 Å².